The quantitative estimate of drug-likeness (QED) is 0.548. The molecule has 2 heteroatoms. The van der Waals surface area contributed by atoms with Gasteiger partial charge in [-0.15, -0.1) is 0 Å². The van der Waals surface area contributed by atoms with Crippen molar-refractivity contribution in [3.8, 4) is 0 Å². The van der Waals surface area contributed by atoms with E-state index in [2.05, 4.69) is 0 Å². The third-order valence-electron chi connectivity index (χ3n) is 1.66. The molecule has 2 nitrogen and oxygen atoms in total. The molecule has 0 rings (SSSR count). The molecule has 0 saturated heterocycles. The van der Waals surface area contributed by atoms with Crippen LogP contribution < -0.4 is 0 Å². The highest BCUT2D eigenvalue weighted by atomic mass is 16.5. The lowest BCUT2D eigenvalue weighted by Crippen LogP contribution is -2.07. The highest BCUT2D eigenvalue weighted by Gasteiger charge is 2.03. The summed E-state index contributed by atoms with van der Waals surface area (Å²) in [6.07, 6.45) is 3.17. The van der Waals surface area contributed by atoms with Crippen LogP contribution in [0.5, 0.6) is 0 Å². The first-order valence-corrected chi connectivity index (χ1v) is 3.68. The first kappa shape index (κ1) is 9.63. The zero-order valence-corrected chi connectivity index (χ0v) is 6.96. The number of hydrogen-bond donors (Lipinski definition) is 0. The van der Waals surface area contributed by atoms with Crippen LogP contribution in [-0.2, 0) is 9.53 Å². The molecule has 0 aromatic heterocycles. The number of carbonyl (C=O) groups is 1. The highest BCUT2D eigenvalue weighted by molar-refractivity contribution is 5.52. The van der Waals surface area contributed by atoms with Crippen molar-refractivity contribution in [2.45, 2.75) is 32.8 Å². The second-order valence-electron chi connectivity index (χ2n) is 2.74. The Kier molecular flexibility index (Phi) is 5.22. The molecule has 0 aliphatic carbocycles. The minimum atomic E-state index is 0.178. The molecule has 0 bridgehead atoms. The molecule has 0 aromatic rings. The Bertz CT molecular complexity index is 91.3. The summed E-state index contributed by atoms with van der Waals surface area (Å²) in [4.78, 5) is 10.2. The molecule has 0 N–H and O–H groups in total. The first-order valence-electron chi connectivity index (χ1n) is 3.68. The van der Waals surface area contributed by atoms with Crippen LogP contribution in [0.3, 0.4) is 0 Å². The largest absolute Gasteiger partial charge is 0.382 e. The summed E-state index contributed by atoms with van der Waals surface area (Å²) in [5.41, 5.74) is 0. The van der Waals surface area contributed by atoms with Crippen molar-refractivity contribution in [2.75, 3.05) is 7.11 Å². The molecule has 0 amide bonds. The fourth-order valence-electron chi connectivity index (χ4n) is 0.683. The second kappa shape index (κ2) is 5.42. The van der Waals surface area contributed by atoms with Gasteiger partial charge in [-0.1, -0.05) is 6.92 Å². The summed E-state index contributed by atoms with van der Waals surface area (Å²) in [6, 6.07) is 0. The molecule has 0 aromatic carbocycles. The van der Waals surface area contributed by atoms with Crippen molar-refractivity contribution in [3.63, 3.8) is 0 Å². The van der Waals surface area contributed by atoms with Gasteiger partial charge in [0.25, 0.3) is 0 Å². The first-order chi connectivity index (χ1) is 4.70. The SMILES string of the molecule is COC(C)CCC(C)C=O. The third-order valence-corrected chi connectivity index (χ3v) is 1.66. The lowest BCUT2D eigenvalue weighted by atomic mass is 10.1. The molecule has 60 valence electrons. The van der Waals surface area contributed by atoms with E-state index < -0.39 is 0 Å². The summed E-state index contributed by atoms with van der Waals surface area (Å²) in [5, 5.41) is 0. The van der Waals surface area contributed by atoms with E-state index in [9.17, 15) is 4.79 Å². The highest BCUT2D eigenvalue weighted by Crippen LogP contribution is 2.06. The molecule has 2 unspecified atom stereocenters. The van der Waals surface area contributed by atoms with Crippen LogP contribution in [0.4, 0.5) is 0 Å². The van der Waals surface area contributed by atoms with Crippen LogP contribution in [0, 0.1) is 5.92 Å². The summed E-state index contributed by atoms with van der Waals surface area (Å²) >= 11 is 0. The molecule has 0 saturated carbocycles. The fraction of sp³-hybridized carbons (Fsp3) is 0.875. The van der Waals surface area contributed by atoms with Gasteiger partial charge < -0.3 is 9.53 Å². The average molecular weight is 144 g/mol. The summed E-state index contributed by atoms with van der Waals surface area (Å²) in [5.74, 6) is 0.178. The predicted octanol–water partition coefficient (Wildman–Crippen LogP) is 1.64. The summed E-state index contributed by atoms with van der Waals surface area (Å²) < 4.78 is 5.03. The van der Waals surface area contributed by atoms with E-state index in [4.69, 9.17) is 4.74 Å². The van der Waals surface area contributed by atoms with E-state index in [0.29, 0.717) is 0 Å². The number of methoxy groups -OCH3 is 1. The van der Waals surface area contributed by atoms with Gasteiger partial charge in [-0.2, -0.15) is 0 Å². The second-order valence-corrected chi connectivity index (χ2v) is 2.74. The molecule has 0 aliphatic heterocycles. The van der Waals surface area contributed by atoms with Gasteiger partial charge in [0, 0.05) is 13.0 Å². The zero-order chi connectivity index (χ0) is 7.98. The van der Waals surface area contributed by atoms with E-state index in [-0.39, 0.29) is 12.0 Å². The Morgan fingerprint density at radius 3 is 2.40 bits per heavy atom. The smallest absolute Gasteiger partial charge is 0.122 e. The number of aldehydes is 1. The Balaban J connectivity index is 3.25. The molecule has 2 atom stereocenters. The van der Waals surface area contributed by atoms with Crippen molar-refractivity contribution in [1.29, 1.82) is 0 Å². The van der Waals surface area contributed by atoms with Gasteiger partial charge >= 0.3 is 0 Å². The van der Waals surface area contributed by atoms with Gasteiger partial charge in [-0.3, -0.25) is 0 Å². The predicted molar refractivity (Wildman–Crippen MR) is 40.9 cm³/mol. The van der Waals surface area contributed by atoms with E-state index in [1.165, 1.54) is 0 Å². The Labute approximate surface area is 62.6 Å². The van der Waals surface area contributed by atoms with Gasteiger partial charge in [0.1, 0.15) is 6.29 Å². The third kappa shape index (κ3) is 4.50. The Hall–Kier alpha value is -0.370. The number of ether oxygens (including phenoxy) is 1. The van der Waals surface area contributed by atoms with Crippen LogP contribution in [0.1, 0.15) is 26.7 Å². The van der Waals surface area contributed by atoms with E-state index in [0.717, 1.165) is 19.1 Å². The normalized spacial score (nSPS) is 16.3. The minimum Gasteiger partial charge on any atom is -0.382 e. The number of hydrogen-bond acceptors (Lipinski definition) is 2. The minimum absolute atomic E-state index is 0.178. The van der Waals surface area contributed by atoms with Crippen molar-refractivity contribution in [1.82, 2.24) is 0 Å². The van der Waals surface area contributed by atoms with Crippen molar-refractivity contribution in [3.05, 3.63) is 0 Å². The van der Waals surface area contributed by atoms with E-state index >= 15 is 0 Å². The van der Waals surface area contributed by atoms with Gasteiger partial charge in [-0.25, -0.2) is 0 Å². The molecule has 0 spiro atoms. The maximum atomic E-state index is 10.2. The Morgan fingerprint density at radius 1 is 1.40 bits per heavy atom. The molecule has 0 radical (unpaired) electrons. The van der Waals surface area contributed by atoms with Crippen LogP contribution in [0.25, 0.3) is 0 Å². The van der Waals surface area contributed by atoms with Crippen LogP contribution >= 0.6 is 0 Å². The zero-order valence-electron chi connectivity index (χ0n) is 6.96. The summed E-state index contributed by atoms with van der Waals surface area (Å²) in [7, 11) is 1.69. The van der Waals surface area contributed by atoms with Crippen molar-refractivity contribution >= 4 is 6.29 Å². The number of carbonyl (C=O) groups excluding carboxylic acids is 1. The van der Waals surface area contributed by atoms with Crippen LogP contribution in [0.2, 0.25) is 0 Å². The van der Waals surface area contributed by atoms with Crippen molar-refractivity contribution < 1.29 is 9.53 Å². The lowest BCUT2D eigenvalue weighted by molar-refractivity contribution is -0.110. The molecular weight excluding hydrogens is 128 g/mol. The molecule has 0 aliphatic rings. The van der Waals surface area contributed by atoms with Gasteiger partial charge in [0.05, 0.1) is 6.10 Å². The summed E-state index contributed by atoms with van der Waals surface area (Å²) in [6.45, 7) is 3.94. The van der Waals surface area contributed by atoms with Gasteiger partial charge in [0.2, 0.25) is 0 Å². The molecule has 0 fully saturated rings. The molecular formula is C8H16O2. The number of rotatable bonds is 5. The van der Waals surface area contributed by atoms with Gasteiger partial charge in [0.15, 0.2) is 0 Å². The molecule has 0 heterocycles. The van der Waals surface area contributed by atoms with Crippen molar-refractivity contribution in [2.24, 2.45) is 5.92 Å². The fourth-order valence-corrected chi connectivity index (χ4v) is 0.683. The van der Waals surface area contributed by atoms with Crippen LogP contribution in [0.15, 0.2) is 0 Å². The maximum Gasteiger partial charge on any atom is 0.122 e. The van der Waals surface area contributed by atoms with Crippen LogP contribution in [-0.4, -0.2) is 19.5 Å². The maximum absolute atomic E-state index is 10.2. The topological polar surface area (TPSA) is 26.3 Å². The molecule has 10 heavy (non-hydrogen) atoms. The standard InChI is InChI=1S/C8H16O2/c1-7(6-9)4-5-8(2)10-3/h6-8H,4-5H2,1-3H3. The Morgan fingerprint density at radius 2 is 2.00 bits per heavy atom. The lowest BCUT2D eigenvalue weighted by Gasteiger charge is -2.09. The van der Waals surface area contributed by atoms with E-state index in [1.54, 1.807) is 7.11 Å². The monoisotopic (exact) mass is 144 g/mol. The van der Waals surface area contributed by atoms with Gasteiger partial charge in [-0.05, 0) is 19.8 Å². The average Bonchev–Trinajstić information content (AvgIpc) is 1.99. The van der Waals surface area contributed by atoms with E-state index in [1.807, 2.05) is 13.8 Å².